The summed E-state index contributed by atoms with van der Waals surface area (Å²) in [4.78, 5) is 15.1. The molecule has 1 unspecified atom stereocenters. The first-order valence-electron chi connectivity index (χ1n) is 12.0. The van der Waals surface area contributed by atoms with Gasteiger partial charge in [0, 0.05) is 37.2 Å². The van der Waals surface area contributed by atoms with Gasteiger partial charge in [0.1, 0.15) is 5.75 Å². The Hall–Kier alpha value is -2.33. The van der Waals surface area contributed by atoms with Gasteiger partial charge < -0.3 is 10.1 Å². The van der Waals surface area contributed by atoms with Crippen molar-refractivity contribution in [3.8, 4) is 5.75 Å². The molecule has 1 aliphatic rings. The molecule has 32 heavy (non-hydrogen) atoms. The van der Waals surface area contributed by atoms with Gasteiger partial charge in [0.05, 0.1) is 6.61 Å². The van der Waals surface area contributed by atoms with Crippen molar-refractivity contribution in [1.29, 1.82) is 0 Å². The van der Waals surface area contributed by atoms with Gasteiger partial charge in [0.25, 0.3) is 5.91 Å². The number of hydrogen-bond acceptors (Lipinski definition) is 3. The Kier molecular flexibility index (Phi) is 8.00. The number of nitrogens with one attached hydrogen (secondary N) is 1. The van der Waals surface area contributed by atoms with E-state index >= 15 is 0 Å². The van der Waals surface area contributed by atoms with E-state index in [1.807, 2.05) is 26.0 Å². The van der Waals surface area contributed by atoms with Gasteiger partial charge in [-0.15, -0.1) is 0 Å². The molecule has 174 valence electrons. The van der Waals surface area contributed by atoms with Crippen LogP contribution in [0.25, 0.3) is 0 Å². The number of likely N-dealkylation sites (tertiary alicyclic amines) is 1. The summed E-state index contributed by atoms with van der Waals surface area (Å²) < 4.78 is 6.02. The first kappa shape index (κ1) is 24.3. The second-order valence-electron chi connectivity index (χ2n) is 9.94. The number of amides is 1. The second kappa shape index (κ2) is 10.5. The molecule has 1 amide bonds. The van der Waals surface area contributed by atoms with Gasteiger partial charge >= 0.3 is 0 Å². The number of carbonyl (C=O) groups is 1. The number of nitrogens with zero attached hydrogens (tertiary/aromatic N) is 1. The molecular weight excluding hydrogens is 396 g/mol. The third-order valence-corrected chi connectivity index (χ3v) is 6.56. The average molecular weight is 437 g/mol. The lowest BCUT2D eigenvalue weighted by molar-refractivity contribution is 0.0481. The third kappa shape index (κ3) is 5.72. The summed E-state index contributed by atoms with van der Waals surface area (Å²) in [6.07, 6.45) is 1.08. The minimum absolute atomic E-state index is 0.0331. The van der Waals surface area contributed by atoms with E-state index in [0.29, 0.717) is 17.9 Å². The van der Waals surface area contributed by atoms with Crippen molar-refractivity contribution in [2.24, 2.45) is 11.8 Å². The molecule has 2 aromatic rings. The van der Waals surface area contributed by atoms with Gasteiger partial charge in [-0.05, 0) is 74.9 Å². The molecule has 1 saturated heterocycles. The number of aryl methyl sites for hydroxylation is 2. The molecule has 0 spiro atoms. The van der Waals surface area contributed by atoms with Gasteiger partial charge in [-0.2, -0.15) is 0 Å². The van der Waals surface area contributed by atoms with E-state index in [1.54, 1.807) is 0 Å². The van der Waals surface area contributed by atoms with E-state index in [2.05, 4.69) is 63.0 Å². The van der Waals surface area contributed by atoms with Crippen LogP contribution in [0.2, 0.25) is 0 Å². The van der Waals surface area contributed by atoms with Crippen LogP contribution in [0.1, 0.15) is 71.4 Å². The molecule has 0 saturated carbocycles. The number of carbonyl (C=O) groups excluding carboxylic acids is 1. The highest BCUT2D eigenvalue weighted by Crippen LogP contribution is 2.36. The Balaban J connectivity index is 1.57. The van der Waals surface area contributed by atoms with Gasteiger partial charge in [-0.1, -0.05) is 44.0 Å². The zero-order valence-corrected chi connectivity index (χ0v) is 20.9. The molecule has 0 radical (unpaired) electrons. The molecule has 1 N–H and O–H groups in total. The summed E-state index contributed by atoms with van der Waals surface area (Å²) in [7, 11) is 0. The quantitative estimate of drug-likeness (QED) is 0.543. The first-order chi connectivity index (χ1) is 15.2. The summed E-state index contributed by atoms with van der Waals surface area (Å²) in [5.74, 6) is 2.07. The van der Waals surface area contributed by atoms with E-state index in [-0.39, 0.29) is 5.91 Å². The Morgan fingerprint density at radius 3 is 2.31 bits per heavy atom. The van der Waals surface area contributed by atoms with Crippen LogP contribution < -0.4 is 10.1 Å². The predicted octanol–water partition coefficient (Wildman–Crippen LogP) is 5.77. The first-order valence-corrected chi connectivity index (χ1v) is 12.0. The predicted molar refractivity (Wildman–Crippen MR) is 133 cm³/mol. The fraction of sp³-hybridized carbons (Fsp3) is 0.536. The van der Waals surface area contributed by atoms with Crippen LogP contribution in [0.5, 0.6) is 5.75 Å². The lowest BCUT2D eigenvalue weighted by Gasteiger charge is -2.45. The molecule has 1 atom stereocenters. The lowest BCUT2D eigenvalue weighted by Crippen LogP contribution is -2.52. The number of hydrogen-bond donors (Lipinski definition) is 1. The lowest BCUT2D eigenvalue weighted by atomic mass is 9.89. The number of rotatable bonds is 9. The van der Waals surface area contributed by atoms with Crippen LogP contribution in [-0.2, 0) is 0 Å². The van der Waals surface area contributed by atoms with Crippen LogP contribution in [0.4, 0.5) is 0 Å². The zero-order valence-electron chi connectivity index (χ0n) is 20.9. The maximum atomic E-state index is 12.6. The van der Waals surface area contributed by atoms with E-state index < -0.39 is 0 Å². The van der Waals surface area contributed by atoms with Crippen LogP contribution in [0, 0.1) is 39.5 Å². The largest absolute Gasteiger partial charge is 0.493 e. The monoisotopic (exact) mass is 436 g/mol. The van der Waals surface area contributed by atoms with Gasteiger partial charge in [-0.25, -0.2) is 0 Å². The van der Waals surface area contributed by atoms with Crippen molar-refractivity contribution in [1.82, 2.24) is 10.2 Å². The van der Waals surface area contributed by atoms with Crippen molar-refractivity contribution in [3.63, 3.8) is 0 Å². The normalized spacial score (nSPS) is 15.5. The van der Waals surface area contributed by atoms with Crippen molar-refractivity contribution >= 4 is 5.91 Å². The molecule has 0 aliphatic carbocycles. The zero-order chi connectivity index (χ0) is 23.4. The summed E-state index contributed by atoms with van der Waals surface area (Å²) in [6, 6.07) is 10.8. The fourth-order valence-electron chi connectivity index (χ4n) is 4.70. The fourth-order valence-corrected chi connectivity index (χ4v) is 4.70. The van der Waals surface area contributed by atoms with Crippen LogP contribution in [0.15, 0.2) is 30.3 Å². The van der Waals surface area contributed by atoms with E-state index in [4.69, 9.17) is 4.74 Å². The van der Waals surface area contributed by atoms with Crippen molar-refractivity contribution in [2.45, 2.75) is 60.9 Å². The highest BCUT2D eigenvalue weighted by Gasteiger charge is 2.33. The summed E-state index contributed by atoms with van der Waals surface area (Å²) in [5, 5.41) is 3.14. The second-order valence-corrected chi connectivity index (χ2v) is 9.94. The maximum absolute atomic E-state index is 12.6. The molecule has 0 bridgehead atoms. The summed E-state index contributed by atoms with van der Waals surface area (Å²) in [5.41, 5.74) is 7.00. The molecule has 2 aromatic carbocycles. The highest BCUT2D eigenvalue weighted by atomic mass is 16.5. The van der Waals surface area contributed by atoms with Crippen LogP contribution >= 0.6 is 0 Å². The van der Waals surface area contributed by atoms with Gasteiger partial charge in [0.2, 0.25) is 0 Å². The molecule has 1 heterocycles. The van der Waals surface area contributed by atoms with Gasteiger partial charge in [-0.3, -0.25) is 9.69 Å². The number of benzene rings is 2. The molecule has 3 rings (SSSR count). The number of ether oxygens (including phenoxy) is 1. The average Bonchev–Trinajstić information content (AvgIpc) is 2.70. The minimum atomic E-state index is 0.0331. The standard InChI is InChI=1S/C28H40N2O2/c1-8-26(25-9-10-27(22(7)21(25)6)32-17-18(2)3)30-15-23(16-30)14-29-28(31)24-12-19(4)11-20(5)13-24/h9-13,18,23,26H,8,14-17H2,1-7H3,(H,29,31). The molecule has 1 fully saturated rings. The third-order valence-electron chi connectivity index (χ3n) is 6.56. The van der Waals surface area contributed by atoms with Crippen molar-refractivity contribution < 1.29 is 9.53 Å². The van der Waals surface area contributed by atoms with Gasteiger partial charge in [0.15, 0.2) is 0 Å². The maximum Gasteiger partial charge on any atom is 0.251 e. The Morgan fingerprint density at radius 1 is 1.06 bits per heavy atom. The Morgan fingerprint density at radius 2 is 1.72 bits per heavy atom. The van der Waals surface area contributed by atoms with E-state index in [1.165, 1.54) is 16.7 Å². The topological polar surface area (TPSA) is 41.6 Å². The van der Waals surface area contributed by atoms with E-state index in [0.717, 1.165) is 55.1 Å². The minimum Gasteiger partial charge on any atom is -0.493 e. The molecule has 1 aliphatic heterocycles. The Bertz CT molecular complexity index is 924. The molecule has 4 heteroatoms. The highest BCUT2D eigenvalue weighted by molar-refractivity contribution is 5.94. The Labute approximate surface area is 194 Å². The van der Waals surface area contributed by atoms with Crippen LogP contribution in [0.3, 0.4) is 0 Å². The summed E-state index contributed by atoms with van der Waals surface area (Å²) >= 11 is 0. The smallest absolute Gasteiger partial charge is 0.251 e. The van der Waals surface area contributed by atoms with Crippen molar-refractivity contribution in [3.05, 3.63) is 63.7 Å². The summed E-state index contributed by atoms with van der Waals surface area (Å²) in [6.45, 7) is 18.6. The molecule has 4 nitrogen and oxygen atoms in total. The van der Waals surface area contributed by atoms with E-state index in [9.17, 15) is 4.79 Å². The SMILES string of the molecule is CCC(c1ccc(OCC(C)C)c(C)c1C)N1CC(CNC(=O)c2cc(C)cc(C)c2)C1. The van der Waals surface area contributed by atoms with Crippen molar-refractivity contribution in [2.75, 3.05) is 26.2 Å². The molecule has 0 aromatic heterocycles. The molecular formula is C28H40N2O2. The van der Waals surface area contributed by atoms with Crippen LogP contribution in [-0.4, -0.2) is 37.0 Å².